The zero-order valence-electron chi connectivity index (χ0n) is 18.1. The highest BCUT2D eigenvalue weighted by Gasteiger charge is 2.63. The molecule has 182 valence electrons. The first-order chi connectivity index (χ1) is 15.7. The molecule has 0 aliphatic carbocycles. The second-order valence-corrected chi connectivity index (χ2v) is 8.71. The molecule has 1 unspecified atom stereocenters. The lowest BCUT2D eigenvalue weighted by Gasteiger charge is -2.36. The first-order valence-corrected chi connectivity index (χ1v) is 10.2. The summed E-state index contributed by atoms with van der Waals surface area (Å²) in [5.74, 6) is -2.90. The summed E-state index contributed by atoms with van der Waals surface area (Å²) >= 11 is 5.91. The molecular weight excluding hydrogens is 484 g/mol. The Labute approximate surface area is 195 Å². The van der Waals surface area contributed by atoms with Crippen LogP contribution in [0.15, 0.2) is 45.7 Å². The summed E-state index contributed by atoms with van der Waals surface area (Å²) in [7, 11) is 0. The minimum atomic E-state index is -5.44. The van der Waals surface area contributed by atoms with E-state index in [-0.39, 0.29) is 16.6 Å². The number of halogens is 5. The van der Waals surface area contributed by atoms with Crippen molar-refractivity contribution in [3.8, 4) is 0 Å². The van der Waals surface area contributed by atoms with Gasteiger partial charge in [0.2, 0.25) is 0 Å². The maximum atomic E-state index is 13.9. The number of nitrogens with zero attached hydrogens (tertiary/aromatic N) is 1. The molecular formula is C22H19ClF4N2O5. The van der Waals surface area contributed by atoms with Gasteiger partial charge in [-0.05, 0) is 42.2 Å². The van der Waals surface area contributed by atoms with Crippen molar-refractivity contribution >= 4 is 34.0 Å². The first kappa shape index (κ1) is 25.4. The third kappa shape index (κ3) is 4.71. The maximum absolute atomic E-state index is 13.9. The second kappa shape index (κ2) is 8.88. The molecule has 0 aliphatic rings. The molecule has 0 saturated carbocycles. The van der Waals surface area contributed by atoms with Crippen molar-refractivity contribution in [1.29, 1.82) is 0 Å². The summed E-state index contributed by atoms with van der Waals surface area (Å²) in [6.07, 6.45) is -6.65. The van der Waals surface area contributed by atoms with Crippen LogP contribution < -0.4 is 11.1 Å². The molecule has 0 saturated heterocycles. The number of aryl methyl sites for hydroxylation is 1. The number of carbonyl (C=O) groups is 1. The van der Waals surface area contributed by atoms with Gasteiger partial charge in [-0.25, -0.2) is 19.5 Å². The minimum absolute atomic E-state index is 0.00769. The molecule has 1 heterocycles. The molecule has 2 aromatic carbocycles. The number of anilines is 1. The fourth-order valence-electron chi connectivity index (χ4n) is 3.53. The molecule has 12 heteroatoms. The Kier molecular flexibility index (Phi) is 6.64. The van der Waals surface area contributed by atoms with Gasteiger partial charge in [0.25, 0.3) is 5.60 Å². The Balaban J connectivity index is 1.88. The molecule has 1 aromatic heterocycles. The largest absolute Gasteiger partial charge is 0.428 e. The van der Waals surface area contributed by atoms with Crippen LogP contribution in [0.4, 0.5) is 23.2 Å². The van der Waals surface area contributed by atoms with Gasteiger partial charge in [-0.1, -0.05) is 42.7 Å². The van der Waals surface area contributed by atoms with E-state index < -0.39 is 46.0 Å². The number of carbonyl (C=O) groups excluding carboxylic acids is 1. The highest BCUT2D eigenvalue weighted by Crippen LogP contribution is 2.44. The Morgan fingerprint density at radius 3 is 2.53 bits per heavy atom. The Morgan fingerprint density at radius 1 is 1.21 bits per heavy atom. The molecule has 0 amide bonds. The van der Waals surface area contributed by atoms with Gasteiger partial charge in [0.1, 0.15) is 5.82 Å². The summed E-state index contributed by atoms with van der Waals surface area (Å²) < 4.78 is 60.1. The van der Waals surface area contributed by atoms with Crippen molar-refractivity contribution < 1.29 is 36.8 Å². The summed E-state index contributed by atoms with van der Waals surface area (Å²) in [4.78, 5) is 28.8. The van der Waals surface area contributed by atoms with Gasteiger partial charge < -0.3 is 14.5 Å². The molecule has 0 spiro atoms. The van der Waals surface area contributed by atoms with Crippen LogP contribution in [-0.4, -0.2) is 28.0 Å². The van der Waals surface area contributed by atoms with Crippen molar-refractivity contribution in [2.24, 2.45) is 0 Å². The van der Waals surface area contributed by atoms with Gasteiger partial charge >= 0.3 is 17.8 Å². The molecule has 0 fully saturated rings. The number of fused-ring (bicyclic) bond motifs is 1. The van der Waals surface area contributed by atoms with Crippen LogP contribution in [0.2, 0.25) is 5.02 Å². The van der Waals surface area contributed by atoms with Gasteiger partial charge in [0.05, 0.1) is 21.8 Å². The van der Waals surface area contributed by atoms with E-state index in [2.05, 4.69) is 20.0 Å². The summed E-state index contributed by atoms with van der Waals surface area (Å²) in [6.45, 7) is 4.08. The minimum Gasteiger partial charge on any atom is -0.371 e. The van der Waals surface area contributed by atoms with E-state index in [1.807, 2.05) is 0 Å². The normalized spacial score (nSPS) is 14.0. The Bertz CT molecular complexity index is 1310. The van der Waals surface area contributed by atoms with E-state index in [9.17, 15) is 32.3 Å². The van der Waals surface area contributed by atoms with Gasteiger partial charge in [0.15, 0.2) is 0 Å². The van der Waals surface area contributed by atoms with Gasteiger partial charge in [0, 0.05) is 11.8 Å². The number of alkyl halides is 3. The van der Waals surface area contributed by atoms with E-state index in [0.29, 0.717) is 11.1 Å². The van der Waals surface area contributed by atoms with Crippen molar-refractivity contribution in [2.75, 3.05) is 5.48 Å². The highest BCUT2D eigenvalue weighted by molar-refractivity contribution is 6.31. The second-order valence-electron chi connectivity index (χ2n) is 8.33. The van der Waals surface area contributed by atoms with Crippen LogP contribution in [0.25, 0.3) is 10.8 Å². The van der Waals surface area contributed by atoms with Crippen LogP contribution in [0.3, 0.4) is 0 Å². The smallest absolute Gasteiger partial charge is 0.371 e. The molecule has 34 heavy (non-hydrogen) atoms. The molecule has 1 atom stereocenters. The SMILES string of the molecule is Cc1noc(=O)c2ccc(NOC(=O)C(O)(CC(C)(C)c3cccc(F)c3Cl)C(F)(F)F)cc12. The van der Waals surface area contributed by atoms with Crippen LogP contribution in [0.1, 0.15) is 31.5 Å². The van der Waals surface area contributed by atoms with Gasteiger partial charge in [-0.2, -0.15) is 13.2 Å². The first-order valence-electron chi connectivity index (χ1n) is 9.78. The van der Waals surface area contributed by atoms with Crippen molar-refractivity contribution in [2.45, 2.75) is 44.4 Å². The third-order valence-corrected chi connectivity index (χ3v) is 5.73. The maximum Gasteiger partial charge on any atom is 0.428 e. The molecule has 7 nitrogen and oxygen atoms in total. The van der Waals surface area contributed by atoms with Crippen LogP contribution >= 0.6 is 11.6 Å². The van der Waals surface area contributed by atoms with E-state index in [0.717, 1.165) is 6.07 Å². The van der Waals surface area contributed by atoms with Crippen LogP contribution in [0, 0.1) is 12.7 Å². The number of hydrogen-bond donors (Lipinski definition) is 2. The number of aliphatic hydroxyl groups is 1. The number of rotatable bonds is 6. The van der Waals surface area contributed by atoms with Crippen molar-refractivity contribution in [1.82, 2.24) is 5.16 Å². The van der Waals surface area contributed by atoms with Crippen molar-refractivity contribution in [3.05, 3.63) is 68.9 Å². The number of aromatic nitrogens is 1. The molecule has 2 N–H and O–H groups in total. The Morgan fingerprint density at radius 2 is 1.88 bits per heavy atom. The third-order valence-electron chi connectivity index (χ3n) is 5.34. The fraction of sp³-hybridized carbons (Fsp3) is 0.318. The monoisotopic (exact) mass is 502 g/mol. The number of benzene rings is 2. The lowest BCUT2D eigenvalue weighted by molar-refractivity contribution is -0.266. The lowest BCUT2D eigenvalue weighted by Crippen LogP contribution is -2.56. The van der Waals surface area contributed by atoms with E-state index in [1.165, 1.54) is 51.1 Å². The zero-order valence-corrected chi connectivity index (χ0v) is 18.8. The summed E-state index contributed by atoms with van der Waals surface area (Å²) in [5.41, 5.74) is -3.95. The van der Waals surface area contributed by atoms with Crippen molar-refractivity contribution in [3.63, 3.8) is 0 Å². The predicted molar refractivity (Wildman–Crippen MR) is 115 cm³/mol. The van der Waals surface area contributed by atoms with Crippen LogP contribution in [-0.2, 0) is 15.0 Å². The van der Waals surface area contributed by atoms with Gasteiger partial charge in [-0.3, -0.25) is 0 Å². The average molecular weight is 503 g/mol. The number of hydrogen-bond acceptors (Lipinski definition) is 7. The van der Waals surface area contributed by atoms with E-state index in [1.54, 1.807) is 0 Å². The number of nitrogens with one attached hydrogen (secondary N) is 1. The Hall–Kier alpha value is -3.18. The fourth-order valence-corrected chi connectivity index (χ4v) is 3.91. The molecule has 0 bridgehead atoms. The van der Waals surface area contributed by atoms with E-state index >= 15 is 0 Å². The highest BCUT2D eigenvalue weighted by atomic mass is 35.5. The molecule has 3 aromatic rings. The van der Waals surface area contributed by atoms with Crippen LogP contribution in [0.5, 0.6) is 0 Å². The van der Waals surface area contributed by atoms with E-state index in [4.69, 9.17) is 11.6 Å². The average Bonchev–Trinajstić information content (AvgIpc) is 2.75. The standard InChI is InChI=1S/C22H19ClF4N2O5/c1-11-14-9-12(7-8-13(14)18(30)33-28-11)29-34-19(31)21(32,22(25,26)27)10-20(2,3)15-5-4-6-16(24)17(15)23/h4-9,29,32H,10H2,1-3H3. The van der Waals surface area contributed by atoms with Gasteiger partial charge in [-0.15, -0.1) is 0 Å². The molecule has 0 aliphatic heterocycles. The molecule has 3 rings (SSSR count). The molecule has 0 radical (unpaired) electrons. The zero-order chi connectivity index (χ0) is 25.5. The summed E-state index contributed by atoms with van der Waals surface area (Å²) in [5, 5.41) is 14.1. The predicted octanol–water partition coefficient (Wildman–Crippen LogP) is 4.82. The summed E-state index contributed by atoms with van der Waals surface area (Å²) in [6, 6.07) is 7.45. The topological polar surface area (TPSA) is 102 Å². The quantitative estimate of drug-likeness (QED) is 0.368. The lowest BCUT2D eigenvalue weighted by atomic mass is 9.74.